The molecule has 0 bridgehead atoms. The van der Waals surface area contributed by atoms with E-state index in [1.165, 1.54) is 5.56 Å². The van der Waals surface area contributed by atoms with Gasteiger partial charge in [-0.25, -0.2) is 4.79 Å². The lowest BCUT2D eigenvalue weighted by Gasteiger charge is -2.25. The summed E-state index contributed by atoms with van der Waals surface area (Å²) in [7, 11) is 3.69. The second-order valence-corrected chi connectivity index (χ2v) is 6.76. The third kappa shape index (κ3) is 4.49. The van der Waals surface area contributed by atoms with E-state index in [2.05, 4.69) is 20.5 Å². The first-order valence-corrected chi connectivity index (χ1v) is 8.84. The van der Waals surface area contributed by atoms with E-state index in [0.29, 0.717) is 6.42 Å². The Labute approximate surface area is 159 Å². The van der Waals surface area contributed by atoms with Crippen molar-refractivity contribution in [2.75, 3.05) is 12.4 Å². The Morgan fingerprint density at radius 1 is 1.26 bits per heavy atom. The summed E-state index contributed by atoms with van der Waals surface area (Å²) in [5.74, 6) is 0.782. The van der Waals surface area contributed by atoms with Crippen molar-refractivity contribution in [3.8, 4) is 11.4 Å². The van der Waals surface area contributed by atoms with Crippen molar-refractivity contribution in [2.24, 2.45) is 7.05 Å². The molecule has 0 saturated carbocycles. The Balaban J connectivity index is 1.61. The number of aryl methyl sites for hydroxylation is 2. The van der Waals surface area contributed by atoms with E-state index in [1.807, 2.05) is 61.9 Å². The first kappa shape index (κ1) is 18.6. The molecule has 2 heterocycles. The molecule has 0 saturated heterocycles. The number of rotatable bonds is 5. The minimum atomic E-state index is -0.151. The maximum absolute atomic E-state index is 12.5. The van der Waals surface area contributed by atoms with Crippen LogP contribution in [0.15, 0.2) is 48.9 Å². The quantitative estimate of drug-likeness (QED) is 0.754. The molecule has 0 unspecified atom stereocenters. The lowest BCUT2D eigenvalue weighted by molar-refractivity contribution is 0.207. The standard InChI is InChI=1S/C20H24N6O/c1-14-9-10-21-18(11-14)12-15(2)26(4)20(27)23-17-7-5-16(6-8-17)19-24-22-13-25(19)3/h5-11,13,15H,12H2,1-4H3,(H,23,27)/t15-/m1/s1. The fourth-order valence-corrected chi connectivity index (χ4v) is 2.81. The Hall–Kier alpha value is -3.22. The molecule has 1 N–H and O–H groups in total. The summed E-state index contributed by atoms with van der Waals surface area (Å²) in [5, 5.41) is 10.9. The van der Waals surface area contributed by atoms with Crippen molar-refractivity contribution in [1.29, 1.82) is 0 Å². The van der Waals surface area contributed by atoms with Gasteiger partial charge in [0.05, 0.1) is 0 Å². The fourth-order valence-electron chi connectivity index (χ4n) is 2.81. The minimum Gasteiger partial charge on any atom is -0.324 e. The highest BCUT2D eigenvalue weighted by molar-refractivity contribution is 5.89. The van der Waals surface area contributed by atoms with Gasteiger partial charge in [-0.1, -0.05) is 0 Å². The Kier molecular flexibility index (Phi) is 5.49. The number of nitrogens with one attached hydrogen (secondary N) is 1. The average Bonchev–Trinajstić information content (AvgIpc) is 3.07. The van der Waals surface area contributed by atoms with E-state index in [0.717, 1.165) is 22.8 Å². The molecule has 1 atom stereocenters. The predicted octanol–water partition coefficient (Wildman–Crippen LogP) is 3.28. The van der Waals surface area contributed by atoms with Gasteiger partial charge < -0.3 is 14.8 Å². The number of anilines is 1. The van der Waals surface area contributed by atoms with E-state index >= 15 is 0 Å². The second kappa shape index (κ2) is 7.99. The van der Waals surface area contributed by atoms with Crippen molar-refractivity contribution < 1.29 is 4.79 Å². The number of likely N-dealkylation sites (N-methyl/N-ethyl adjacent to an activating group) is 1. The molecule has 7 nitrogen and oxygen atoms in total. The number of aromatic nitrogens is 4. The molecule has 0 aliphatic rings. The normalized spacial score (nSPS) is 11.9. The summed E-state index contributed by atoms with van der Waals surface area (Å²) in [6.07, 6.45) is 4.16. The van der Waals surface area contributed by atoms with E-state index in [4.69, 9.17) is 0 Å². The average molecular weight is 364 g/mol. The van der Waals surface area contributed by atoms with Crippen LogP contribution in [-0.2, 0) is 13.5 Å². The SMILES string of the molecule is Cc1ccnc(C[C@@H](C)N(C)C(=O)Nc2ccc(-c3nncn3C)cc2)c1. The van der Waals surface area contributed by atoms with Gasteiger partial charge in [-0.05, 0) is 55.8 Å². The summed E-state index contributed by atoms with van der Waals surface area (Å²) in [5.41, 5.74) is 3.83. The van der Waals surface area contributed by atoms with Crippen LogP contribution in [0, 0.1) is 6.92 Å². The summed E-state index contributed by atoms with van der Waals surface area (Å²) < 4.78 is 1.85. The summed E-state index contributed by atoms with van der Waals surface area (Å²) >= 11 is 0. The molecule has 2 aromatic heterocycles. The maximum atomic E-state index is 12.5. The highest BCUT2D eigenvalue weighted by Crippen LogP contribution is 2.19. The van der Waals surface area contributed by atoms with Gasteiger partial charge in [0.15, 0.2) is 5.82 Å². The van der Waals surface area contributed by atoms with Crippen molar-refractivity contribution in [3.63, 3.8) is 0 Å². The highest BCUT2D eigenvalue weighted by atomic mass is 16.2. The van der Waals surface area contributed by atoms with Crippen LogP contribution in [-0.4, -0.2) is 43.8 Å². The lowest BCUT2D eigenvalue weighted by atomic mass is 10.1. The van der Waals surface area contributed by atoms with Gasteiger partial charge in [-0.3, -0.25) is 4.98 Å². The zero-order valence-electron chi connectivity index (χ0n) is 16.0. The molecule has 0 aliphatic carbocycles. The summed E-state index contributed by atoms with van der Waals surface area (Å²) in [6.45, 7) is 4.05. The monoisotopic (exact) mass is 364 g/mol. The van der Waals surface area contributed by atoms with Gasteiger partial charge in [0.2, 0.25) is 0 Å². The maximum Gasteiger partial charge on any atom is 0.321 e. The molecule has 1 aromatic carbocycles. The molecular formula is C20H24N6O. The molecule has 0 aliphatic heterocycles. The van der Waals surface area contributed by atoms with Gasteiger partial charge in [0.1, 0.15) is 6.33 Å². The fraction of sp³-hybridized carbons (Fsp3) is 0.300. The zero-order chi connectivity index (χ0) is 19.4. The van der Waals surface area contributed by atoms with Crippen LogP contribution in [0.2, 0.25) is 0 Å². The van der Waals surface area contributed by atoms with Crippen LogP contribution >= 0.6 is 0 Å². The van der Waals surface area contributed by atoms with Crippen molar-refractivity contribution >= 4 is 11.7 Å². The number of carbonyl (C=O) groups excluding carboxylic acids is 1. The van der Waals surface area contributed by atoms with Gasteiger partial charge in [-0.15, -0.1) is 10.2 Å². The third-order valence-electron chi connectivity index (χ3n) is 4.56. The smallest absolute Gasteiger partial charge is 0.321 e. The van der Waals surface area contributed by atoms with Crippen molar-refractivity contribution in [3.05, 3.63) is 60.2 Å². The lowest BCUT2D eigenvalue weighted by Crippen LogP contribution is -2.39. The van der Waals surface area contributed by atoms with E-state index < -0.39 is 0 Å². The van der Waals surface area contributed by atoms with Crippen LogP contribution in [0.1, 0.15) is 18.2 Å². The Bertz CT molecular complexity index is 918. The van der Waals surface area contributed by atoms with Crippen LogP contribution in [0.5, 0.6) is 0 Å². The highest BCUT2D eigenvalue weighted by Gasteiger charge is 2.17. The van der Waals surface area contributed by atoms with E-state index in [-0.39, 0.29) is 12.1 Å². The molecule has 7 heteroatoms. The number of nitrogens with zero attached hydrogens (tertiary/aromatic N) is 5. The molecule has 3 rings (SSSR count). The zero-order valence-corrected chi connectivity index (χ0v) is 16.0. The van der Waals surface area contributed by atoms with Crippen LogP contribution < -0.4 is 5.32 Å². The van der Waals surface area contributed by atoms with Crippen molar-refractivity contribution in [1.82, 2.24) is 24.6 Å². The number of urea groups is 1. The van der Waals surface area contributed by atoms with Gasteiger partial charge >= 0.3 is 6.03 Å². The first-order valence-electron chi connectivity index (χ1n) is 8.84. The van der Waals surface area contributed by atoms with Gasteiger partial charge in [0.25, 0.3) is 0 Å². The van der Waals surface area contributed by atoms with E-state index in [1.54, 1.807) is 24.5 Å². The second-order valence-electron chi connectivity index (χ2n) is 6.76. The predicted molar refractivity (Wildman–Crippen MR) is 105 cm³/mol. The number of carbonyl (C=O) groups is 1. The minimum absolute atomic E-state index is 0.0252. The number of hydrogen-bond acceptors (Lipinski definition) is 4. The molecular weight excluding hydrogens is 340 g/mol. The molecule has 0 radical (unpaired) electrons. The summed E-state index contributed by atoms with van der Waals surface area (Å²) in [4.78, 5) is 18.6. The molecule has 27 heavy (non-hydrogen) atoms. The molecule has 0 fully saturated rings. The van der Waals surface area contributed by atoms with Crippen molar-refractivity contribution in [2.45, 2.75) is 26.3 Å². The Morgan fingerprint density at radius 3 is 2.63 bits per heavy atom. The Morgan fingerprint density at radius 2 is 2.00 bits per heavy atom. The van der Waals surface area contributed by atoms with Crippen LogP contribution in [0.3, 0.4) is 0 Å². The number of benzene rings is 1. The summed E-state index contributed by atoms with van der Waals surface area (Å²) in [6, 6.07) is 11.5. The number of hydrogen-bond donors (Lipinski definition) is 1. The largest absolute Gasteiger partial charge is 0.324 e. The van der Waals surface area contributed by atoms with Gasteiger partial charge in [-0.2, -0.15) is 0 Å². The van der Waals surface area contributed by atoms with E-state index in [9.17, 15) is 4.79 Å². The molecule has 3 aromatic rings. The number of pyridine rings is 1. The third-order valence-corrected chi connectivity index (χ3v) is 4.56. The topological polar surface area (TPSA) is 75.9 Å². The van der Waals surface area contributed by atoms with Crippen LogP contribution in [0.4, 0.5) is 10.5 Å². The van der Waals surface area contributed by atoms with Crippen LogP contribution in [0.25, 0.3) is 11.4 Å². The molecule has 0 spiro atoms. The van der Waals surface area contributed by atoms with Gasteiger partial charge in [0, 0.05) is 49.7 Å². The number of amides is 2. The first-order chi connectivity index (χ1) is 12.9. The molecule has 2 amide bonds. The molecule has 140 valence electrons.